The standard InChI is InChI=1S/C11H13BrCl2N2O2S/c12-8-3-4-9(11(14)10(8)13)16-19(17,18)6-7-2-1-5-15-7/h3-4,7,15-16H,1-2,5-6H2. The number of hydrogen-bond acceptors (Lipinski definition) is 3. The molecule has 1 unspecified atom stereocenters. The summed E-state index contributed by atoms with van der Waals surface area (Å²) in [6.45, 7) is 0.866. The lowest BCUT2D eigenvalue weighted by atomic mass is 10.3. The molecule has 4 nitrogen and oxygen atoms in total. The minimum Gasteiger partial charge on any atom is -0.313 e. The highest BCUT2D eigenvalue weighted by molar-refractivity contribution is 9.10. The van der Waals surface area contributed by atoms with Crippen LogP contribution in [0.2, 0.25) is 10.0 Å². The highest BCUT2D eigenvalue weighted by Crippen LogP contribution is 2.36. The van der Waals surface area contributed by atoms with Gasteiger partial charge in [0.2, 0.25) is 10.0 Å². The maximum absolute atomic E-state index is 12.0. The van der Waals surface area contributed by atoms with Gasteiger partial charge in [-0.3, -0.25) is 4.72 Å². The molecule has 8 heteroatoms. The molecule has 1 aromatic carbocycles. The quantitative estimate of drug-likeness (QED) is 0.779. The van der Waals surface area contributed by atoms with Crippen LogP contribution in [0.25, 0.3) is 0 Å². The zero-order valence-corrected chi connectivity index (χ0v) is 13.8. The first-order chi connectivity index (χ1) is 8.89. The second-order valence-electron chi connectivity index (χ2n) is 4.40. The molecule has 106 valence electrons. The van der Waals surface area contributed by atoms with E-state index < -0.39 is 10.0 Å². The van der Waals surface area contributed by atoms with E-state index in [0.29, 0.717) is 15.2 Å². The van der Waals surface area contributed by atoms with Crippen molar-refractivity contribution in [2.24, 2.45) is 0 Å². The topological polar surface area (TPSA) is 58.2 Å². The van der Waals surface area contributed by atoms with Gasteiger partial charge < -0.3 is 5.32 Å². The Morgan fingerprint density at radius 2 is 2.11 bits per heavy atom. The number of halogens is 3. The average Bonchev–Trinajstić information content (AvgIpc) is 2.82. The summed E-state index contributed by atoms with van der Waals surface area (Å²) in [6.07, 6.45) is 1.88. The van der Waals surface area contributed by atoms with Gasteiger partial charge in [-0.25, -0.2) is 8.42 Å². The Bertz CT molecular complexity index is 574. The summed E-state index contributed by atoms with van der Waals surface area (Å²) in [5.41, 5.74) is 0.299. The summed E-state index contributed by atoms with van der Waals surface area (Å²) in [7, 11) is -3.44. The van der Waals surface area contributed by atoms with Gasteiger partial charge in [0.1, 0.15) is 0 Å². The monoisotopic (exact) mass is 386 g/mol. The molecule has 0 amide bonds. The third kappa shape index (κ3) is 3.98. The van der Waals surface area contributed by atoms with Gasteiger partial charge in [-0.2, -0.15) is 0 Å². The van der Waals surface area contributed by atoms with E-state index in [1.54, 1.807) is 12.1 Å². The van der Waals surface area contributed by atoms with Crippen LogP contribution in [0.3, 0.4) is 0 Å². The van der Waals surface area contributed by atoms with Gasteiger partial charge in [0.15, 0.2) is 0 Å². The number of benzene rings is 1. The molecule has 19 heavy (non-hydrogen) atoms. The van der Waals surface area contributed by atoms with Crippen molar-refractivity contribution in [2.45, 2.75) is 18.9 Å². The predicted molar refractivity (Wildman–Crippen MR) is 82.6 cm³/mol. The fourth-order valence-corrected chi connectivity index (χ4v) is 4.26. The molecule has 1 fully saturated rings. The molecule has 0 bridgehead atoms. The molecular weight excluding hydrogens is 375 g/mol. The molecule has 1 aromatic rings. The normalized spacial score (nSPS) is 19.6. The third-order valence-corrected chi connectivity index (χ3v) is 6.03. The number of anilines is 1. The summed E-state index contributed by atoms with van der Waals surface area (Å²) < 4.78 is 27.2. The van der Waals surface area contributed by atoms with E-state index in [1.165, 1.54) is 0 Å². The fraction of sp³-hybridized carbons (Fsp3) is 0.455. The van der Waals surface area contributed by atoms with Gasteiger partial charge in [0.25, 0.3) is 0 Å². The van der Waals surface area contributed by atoms with Crippen LogP contribution in [-0.2, 0) is 10.0 Å². The second-order valence-corrected chi connectivity index (χ2v) is 7.78. The minimum atomic E-state index is -3.44. The van der Waals surface area contributed by atoms with Crippen molar-refractivity contribution < 1.29 is 8.42 Å². The molecule has 1 aliphatic rings. The van der Waals surface area contributed by atoms with Crippen LogP contribution in [0.4, 0.5) is 5.69 Å². The van der Waals surface area contributed by atoms with Crippen LogP contribution in [0, 0.1) is 0 Å². The van der Waals surface area contributed by atoms with Crippen LogP contribution < -0.4 is 10.0 Å². The largest absolute Gasteiger partial charge is 0.313 e. The molecule has 2 N–H and O–H groups in total. The fourth-order valence-electron chi connectivity index (χ4n) is 1.98. The van der Waals surface area contributed by atoms with E-state index in [9.17, 15) is 8.42 Å². The average molecular weight is 388 g/mol. The van der Waals surface area contributed by atoms with E-state index in [4.69, 9.17) is 23.2 Å². The van der Waals surface area contributed by atoms with Crippen LogP contribution in [-0.4, -0.2) is 26.8 Å². The Balaban J connectivity index is 2.13. The Morgan fingerprint density at radius 1 is 1.37 bits per heavy atom. The maximum Gasteiger partial charge on any atom is 0.234 e. The van der Waals surface area contributed by atoms with Crippen LogP contribution in [0.1, 0.15) is 12.8 Å². The van der Waals surface area contributed by atoms with E-state index in [0.717, 1.165) is 19.4 Å². The SMILES string of the molecule is O=S(=O)(CC1CCCN1)Nc1ccc(Br)c(Cl)c1Cl. The number of sulfonamides is 1. The summed E-state index contributed by atoms with van der Waals surface area (Å²) in [5, 5.41) is 3.63. The van der Waals surface area contributed by atoms with Gasteiger partial charge in [-0.15, -0.1) is 0 Å². The van der Waals surface area contributed by atoms with Crippen LogP contribution >= 0.6 is 39.1 Å². The van der Waals surface area contributed by atoms with Gasteiger partial charge in [0.05, 0.1) is 21.5 Å². The lowest BCUT2D eigenvalue weighted by molar-refractivity contribution is 0.582. The Labute approximate surface area is 131 Å². The van der Waals surface area contributed by atoms with E-state index in [-0.39, 0.29) is 16.8 Å². The summed E-state index contributed by atoms with van der Waals surface area (Å²) in [4.78, 5) is 0. The van der Waals surface area contributed by atoms with Crippen molar-refractivity contribution in [3.05, 3.63) is 26.7 Å². The third-order valence-electron chi connectivity index (χ3n) is 2.88. The van der Waals surface area contributed by atoms with Crippen molar-refractivity contribution in [3.8, 4) is 0 Å². The van der Waals surface area contributed by atoms with E-state index in [2.05, 4.69) is 26.0 Å². The molecule has 0 aliphatic carbocycles. The van der Waals surface area contributed by atoms with E-state index in [1.807, 2.05) is 0 Å². The van der Waals surface area contributed by atoms with Crippen molar-refractivity contribution in [1.29, 1.82) is 0 Å². The second kappa shape index (κ2) is 6.18. The zero-order valence-electron chi connectivity index (χ0n) is 9.92. The first-order valence-corrected chi connectivity index (χ1v) is 8.96. The Hall–Kier alpha value is -0.0100. The van der Waals surface area contributed by atoms with Gasteiger partial charge in [-0.1, -0.05) is 23.2 Å². The number of hydrogen-bond donors (Lipinski definition) is 2. The molecular formula is C11H13BrCl2N2O2S. The zero-order chi connectivity index (χ0) is 14.0. The van der Waals surface area contributed by atoms with Crippen LogP contribution in [0.5, 0.6) is 0 Å². The van der Waals surface area contributed by atoms with Crippen molar-refractivity contribution in [1.82, 2.24) is 5.32 Å². The van der Waals surface area contributed by atoms with Crippen molar-refractivity contribution in [2.75, 3.05) is 17.0 Å². The number of rotatable bonds is 4. The van der Waals surface area contributed by atoms with Crippen molar-refractivity contribution >= 4 is 54.8 Å². The summed E-state index contributed by atoms with van der Waals surface area (Å²) in [6, 6.07) is 3.24. The van der Waals surface area contributed by atoms with Gasteiger partial charge >= 0.3 is 0 Å². The molecule has 0 spiro atoms. The summed E-state index contributed by atoms with van der Waals surface area (Å²) in [5.74, 6) is 0.0387. The first kappa shape index (κ1) is 15.4. The lowest BCUT2D eigenvalue weighted by Gasteiger charge is -2.14. The molecule has 0 saturated carbocycles. The predicted octanol–water partition coefficient (Wildman–Crippen LogP) is 3.25. The Kier molecular flexibility index (Phi) is 5.00. The molecule has 0 aromatic heterocycles. The van der Waals surface area contributed by atoms with E-state index >= 15 is 0 Å². The molecule has 1 atom stereocenters. The molecule has 1 aliphatic heterocycles. The van der Waals surface area contributed by atoms with Crippen molar-refractivity contribution in [3.63, 3.8) is 0 Å². The maximum atomic E-state index is 12.0. The first-order valence-electron chi connectivity index (χ1n) is 5.76. The number of nitrogens with one attached hydrogen (secondary N) is 2. The summed E-state index contributed by atoms with van der Waals surface area (Å²) >= 11 is 15.2. The molecule has 2 rings (SSSR count). The highest BCUT2D eigenvalue weighted by Gasteiger charge is 2.23. The smallest absolute Gasteiger partial charge is 0.234 e. The molecule has 0 radical (unpaired) electrons. The Morgan fingerprint density at radius 3 is 2.74 bits per heavy atom. The molecule has 1 heterocycles. The minimum absolute atomic E-state index is 0.00203. The molecule has 1 saturated heterocycles. The van der Waals surface area contributed by atoms with Gasteiger partial charge in [0, 0.05) is 10.5 Å². The van der Waals surface area contributed by atoms with Crippen LogP contribution in [0.15, 0.2) is 16.6 Å². The highest BCUT2D eigenvalue weighted by atomic mass is 79.9. The lowest BCUT2D eigenvalue weighted by Crippen LogP contribution is -2.32. The van der Waals surface area contributed by atoms with Gasteiger partial charge in [-0.05, 0) is 47.4 Å².